The lowest BCUT2D eigenvalue weighted by molar-refractivity contribution is 0.194. The van der Waals surface area contributed by atoms with Crippen LogP contribution >= 0.6 is 0 Å². The predicted octanol–water partition coefficient (Wildman–Crippen LogP) is 2.25. The molecule has 2 fully saturated rings. The van der Waals surface area contributed by atoms with Crippen molar-refractivity contribution >= 4 is 0 Å². The summed E-state index contributed by atoms with van der Waals surface area (Å²) < 4.78 is 0. The van der Waals surface area contributed by atoms with E-state index >= 15 is 0 Å². The number of nitrogens with one attached hydrogen (secondary N) is 1. The zero-order chi connectivity index (χ0) is 10.5. The normalized spacial score (nSPS) is 29.6. The summed E-state index contributed by atoms with van der Waals surface area (Å²) in [6.07, 6.45) is 10.1. The molecule has 0 radical (unpaired) electrons. The average molecular weight is 210 g/mol. The maximum Gasteiger partial charge on any atom is 0.00923 e. The summed E-state index contributed by atoms with van der Waals surface area (Å²) in [5, 5.41) is 3.47. The van der Waals surface area contributed by atoms with E-state index < -0.39 is 0 Å². The lowest BCUT2D eigenvalue weighted by Gasteiger charge is -2.29. The Labute approximate surface area is 94.4 Å². The highest BCUT2D eigenvalue weighted by Gasteiger charge is 2.21. The quantitative estimate of drug-likeness (QED) is 0.719. The van der Waals surface area contributed by atoms with E-state index in [1.807, 2.05) is 0 Å². The fourth-order valence-electron chi connectivity index (χ4n) is 3.13. The summed E-state index contributed by atoms with van der Waals surface area (Å²) in [6.45, 7) is 3.80. The van der Waals surface area contributed by atoms with Gasteiger partial charge in [-0.25, -0.2) is 0 Å². The third-order valence-corrected chi connectivity index (χ3v) is 4.16. The van der Waals surface area contributed by atoms with Crippen LogP contribution in [0.4, 0.5) is 0 Å². The minimum Gasteiger partial charge on any atom is -0.316 e. The largest absolute Gasteiger partial charge is 0.316 e. The van der Waals surface area contributed by atoms with Gasteiger partial charge in [0, 0.05) is 12.6 Å². The molecule has 0 bridgehead atoms. The van der Waals surface area contributed by atoms with Gasteiger partial charge in [-0.3, -0.25) is 0 Å². The monoisotopic (exact) mass is 210 g/mol. The number of hydrogen-bond acceptors (Lipinski definition) is 2. The lowest BCUT2D eigenvalue weighted by Crippen LogP contribution is -2.35. The van der Waals surface area contributed by atoms with Crippen molar-refractivity contribution in [3.8, 4) is 0 Å². The fraction of sp³-hybridized carbons (Fsp3) is 1.00. The van der Waals surface area contributed by atoms with Gasteiger partial charge < -0.3 is 10.2 Å². The topological polar surface area (TPSA) is 15.3 Å². The summed E-state index contributed by atoms with van der Waals surface area (Å²) in [5.41, 5.74) is 0. The summed E-state index contributed by atoms with van der Waals surface area (Å²) in [7, 11) is 2.34. The van der Waals surface area contributed by atoms with E-state index in [0.29, 0.717) is 0 Å². The van der Waals surface area contributed by atoms with E-state index in [4.69, 9.17) is 0 Å². The first kappa shape index (κ1) is 11.4. The molecule has 0 aromatic carbocycles. The molecule has 0 aromatic rings. The molecule has 1 saturated carbocycles. The molecule has 1 aliphatic heterocycles. The maximum absolute atomic E-state index is 3.47. The summed E-state index contributed by atoms with van der Waals surface area (Å²) in [5.74, 6) is 0.915. The van der Waals surface area contributed by atoms with Crippen LogP contribution in [0.5, 0.6) is 0 Å². The first-order valence-corrected chi connectivity index (χ1v) is 6.77. The van der Waals surface area contributed by atoms with Gasteiger partial charge in [0.2, 0.25) is 0 Å². The third-order valence-electron chi connectivity index (χ3n) is 4.16. The number of rotatable bonds is 3. The molecular formula is C13H26N2. The number of nitrogens with zero attached hydrogens (tertiary/aromatic N) is 1. The third kappa shape index (κ3) is 3.46. The van der Waals surface area contributed by atoms with E-state index in [1.165, 1.54) is 64.6 Å². The molecule has 0 aromatic heterocycles. The minimum atomic E-state index is 0.882. The molecule has 2 nitrogen and oxygen atoms in total. The van der Waals surface area contributed by atoms with Gasteiger partial charge in [-0.2, -0.15) is 0 Å². The van der Waals surface area contributed by atoms with Crippen molar-refractivity contribution in [1.82, 2.24) is 10.2 Å². The van der Waals surface area contributed by atoms with Crippen LogP contribution in [0.1, 0.15) is 44.9 Å². The molecule has 1 unspecified atom stereocenters. The van der Waals surface area contributed by atoms with Gasteiger partial charge in [0.1, 0.15) is 0 Å². The summed E-state index contributed by atoms with van der Waals surface area (Å²) in [6, 6.07) is 0.882. The Morgan fingerprint density at radius 3 is 2.40 bits per heavy atom. The van der Waals surface area contributed by atoms with Crippen LogP contribution in [0, 0.1) is 5.92 Å². The molecule has 1 aliphatic carbocycles. The van der Waals surface area contributed by atoms with Crippen LogP contribution in [0.15, 0.2) is 0 Å². The smallest absolute Gasteiger partial charge is 0.00923 e. The van der Waals surface area contributed by atoms with Gasteiger partial charge in [-0.05, 0) is 45.3 Å². The fourth-order valence-corrected chi connectivity index (χ4v) is 3.13. The second kappa shape index (κ2) is 5.86. The molecule has 2 aliphatic rings. The molecule has 2 heteroatoms. The van der Waals surface area contributed by atoms with Crippen LogP contribution < -0.4 is 5.32 Å². The van der Waals surface area contributed by atoms with E-state index in [0.717, 1.165) is 12.0 Å². The molecule has 0 amide bonds. The van der Waals surface area contributed by atoms with Gasteiger partial charge in [0.25, 0.3) is 0 Å². The highest BCUT2D eigenvalue weighted by Crippen LogP contribution is 2.22. The van der Waals surface area contributed by atoms with Gasteiger partial charge >= 0.3 is 0 Å². The highest BCUT2D eigenvalue weighted by atomic mass is 15.1. The zero-order valence-corrected chi connectivity index (χ0v) is 10.2. The van der Waals surface area contributed by atoms with Crippen LogP contribution in [-0.2, 0) is 0 Å². The molecule has 1 atom stereocenters. The van der Waals surface area contributed by atoms with E-state index in [1.54, 1.807) is 0 Å². The Hall–Kier alpha value is -0.0800. The second-order valence-electron chi connectivity index (χ2n) is 5.44. The van der Waals surface area contributed by atoms with E-state index in [-0.39, 0.29) is 0 Å². The van der Waals surface area contributed by atoms with Crippen LogP contribution in [0.25, 0.3) is 0 Å². The van der Waals surface area contributed by atoms with Crippen molar-refractivity contribution in [1.29, 1.82) is 0 Å². The minimum absolute atomic E-state index is 0.882. The Kier molecular flexibility index (Phi) is 4.45. The van der Waals surface area contributed by atoms with Gasteiger partial charge in [-0.15, -0.1) is 0 Å². The van der Waals surface area contributed by atoms with Crippen molar-refractivity contribution < 1.29 is 0 Å². The molecule has 1 saturated heterocycles. The Balaban J connectivity index is 1.74. The van der Waals surface area contributed by atoms with Gasteiger partial charge in [-0.1, -0.05) is 25.7 Å². The van der Waals surface area contributed by atoms with Crippen molar-refractivity contribution in [2.45, 2.75) is 51.0 Å². The van der Waals surface area contributed by atoms with Crippen LogP contribution in [0.2, 0.25) is 0 Å². The molecule has 88 valence electrons. The van der Waals surface area contributed by atoms with E-state index in [2.05, 4.69) is 17.3 Å². The lowest BCUT2D eigenvalue weighted by atomic mass is 10.0. The van der Waals surface area contributed by atoms with Crippen LogP contribution in [-0.4, -0.2) is 37.6 Å². The van der Waals surface area contributed by atoms with Crippen molar-refractivity contribution in [3.05, 3.63) is 0 Å². The Morgan fingerprint density at radius 2 is 1.80 bits per heavy atom. The van der Waals surface area contributed by atoms with Crippen LogP contribution in [0.3, 0.4) is 0 Å². The zero-order valence-electron chi connectivity index (χ0n) is 10.2. The summed E-state index contributed by atoms with van der Waals surface area (Å²) in [4.78, 5) is 2.64. The first-order valence-electron chi connectivity index (χ1n) is 6.77. The first-order chi connectivity index (χ1) is 7.36. The SMILES string of the molecule is CN(CC1CCNC1)C1CCCCCC1. The molecule has 1 heterocycles. The van der Waals surface area contributed by atoms with E-state index in [9.17, 15) is 0 Å². The van der Waals surface area contributed by atoms with Crippen molar-refractivity contribution in [2.75, 3.05) is 26.7 Å². The van der Waals surface area contributed by atoms with Crippen molar-refractivity contribution in [2.24, 2.45) is 5.92 Å². The molecule has 2 rings (SSSR count). The Bertz CT molecular complexity index is 167. The summed E-state index contributed by atoms with van der Waals surface area (Å²) >= 11 is 0. The maximum atomic E-state index is 3.47. The molecular weight excluding hydrogens is 184 g/mol. The Morgan fingerprint density at radius 1 is 1.07 bits per heavy atom. The highest BCUT2D eigenvalue weighted by molar-refractivity contribution is 4.78. The van der Waals surface area contributed by atoms with Gasteiger partial charge in [0.05, 0.1) is 0 Å². The molecule has 15 heavy (non-hydrogen) atoms. The molecule has 1 N–H and O–H groups in total. The predicted molar refractivity (Wildman–Crippen MR) is 65.1 cm³/mol. The number of hydrogen-bond donors (Lipinski definition) is 1. The average Bonchev–Trinajstić information content (AvgIpc) is 2.58. The second-order valence-corrected chi connectivity index (χ2v) is 5.44. The molecule has 0 spiro atoms. The standard InChI is InChI=1S/C13H26N2/c1-15(11-12-8-9-14-10-12)13-6-4-2-3-5-7-13/h12-14H,2-11H2,1H3. The van der Waals surface area contributed by atoms with Gasteiger partial charge in [0.15, 0.2) is 0 Å². The van der Waals surface area contributed by atoms with Crippen molar-refractivity contribution in [3.63, 3.8) is 0 Å².